The van der Waals surface area contributed by atoms with Gasteiger partial charge in [-0.15, -0.1) is 0 Å². The van der Waals surface area contributed by atoms with E-state index in [9.17, 15) is 9.59 Å². The molecule has 0 atom stereocenters. The molecule has 0 spiro atoms. The number of carbonyl (C=O) groups excluding carboxylic acids is 1. The van der Waals surface area contributed by atoms with E-state index in [0.29, 0.717) is 11.1 Å². The zero-order valence-corrected chi connectivity index (χ0v) is 24.3. The number of allylic oxidation sites excluding steroid dienone is 2. The van der Waals surface area contributed by atoms with Crippen molar-refractivity contribution in [2.45, 2.75) is 54.0 Å². The molecule has 206 valence electrons. The van der Waals surface area contributed by atoms with Crippen molar-refractivity contribution >= 4 is 17.3 Å². The number of pyridine rings is 2. The minimum atomic E-state index is -0.201. The van der Waals surface area contributed by atoms with E-state index in [1.54, 1.807) is 0 Å². The number of aromatic amines is 1. The van der Waals surface area contributed by atoms with Gasteiger partial charge in [-0.1, -0.05) is 26.0 Å². The molecule has 1 aliphatic heterocycles. The van der Waals surface area contributed by atoms with Gasteiger partial charge in [0.2, 0.25) is 0 Å². The number of aryl methyl sites for hydroxylation is 2. The highest BCUT2D eigenvalue weighted by Crippen LogP contribution is 2.30. The van der Waals surface area contributed by atoms with Crippen LogP contribution in [-0.4, -0.2) is 54.0 Å². The summed E-state index contributed by atoms with van der Waals surface area (Å²) in [6.07, 6.45) is 3.92. The molecular formula is C32H41N5O2. The van der Waals surface area contributed by atoms with E-state index >= 15 is 0 Å². The fraction of sp³-hybridized carbons (Fsp3) is 0.406. The van der Waals surface area contributed by atoms with Gasteiger partial charge in [0.25, 0.3) is 11.5 Å². The van der Waals surface area contributed by atoms with E-state index < -0.39 is 0 Å². The number of amides is 1. The SMILES string of the molecule is C/C=C(/C)c1c(C)cc(-c2ccc(N3CCN(C)CC3)nc2)cc1C(=O)NCc1c(C(C)C)cc(C)[nH]c1=O. The summed E-state index contributed by atoms with van der Waals surface area (Å²) in [6.45, 7) is 16.2. The zero-order valence-electron chi connectivity index (χ0n) is 24.3. The number of aromatic nitrogens is 2. The standard InChI is InChI=1S/C32H41N5O2/c1-8-21(4)30-22(5)15-25(24-9-10-29(33-18-24)37-13-11-36(7)12-14-37)17-27(30)31(38)34-19-28-26(20(2)3)16-23(6)35-32(28)39/h8-10,15-18,20H,11-14,19H2,1-7H3,(H,34,38)(H,35,39)/b21-8-. The second kappa shape index (κ2) is 12.0. The third-order valence-electron chi connectivity index (χ3n) is 7.67. The van der Waals surface area contributed by atoms with Crippen LogP contribution in [0.5, 0.6) is 0 Å². The molecular weight excluding hydrogens is 486 g/mol. The summed E-state index contributed by atoms with van der Waals surface area (Å²) >= 11 is 0. The Hall–Kier alpha value is -3.71. The topological polar surface area (TPSA) is 81.3 Å². The number of carbonyl (C=O) groups is 1. The van der Waals surface area contributed by atoms with Crippen LogP contribution in [0.25, 0.3) is 16.7 Å². The fourth-order valence-corrected chi connectivity index (χ4v) is 5.28. The second-order valence-electron chi connectivity index (χ2n) is 10.9. The Balaban J connectivity index is 1.65. The lowest BCUT2D eigenvalue weighted by molar-refractivity contribution is 0.0950. The van der Waals surface area contributed by atoms with Gasteiger partial charge in [0.1, 0.15) is 5.82 Å². The molecule has 1 fully saturated rings. The van der Waals surface area contributed by atoms with Gasteiger partial charge < -0.3 is 20.1 Å². The van der Waals surface area contributed by atoms with Crippen molar-refractivity contribution < 1.29 is 4.79 Å². The van der Waals surface area contributed by atoms with Gasteiger partial charge in [0.15, 0.2) is 0 Å². The molecule has 1 aromatic carbocycles. The van der Waals surface area contributed by atoms with Crippen LogP contribution in [0.1, 0.15) is 71.9 Å². The van der Waals surface area contributed by atoms with Crippen LogP contribution in [0.2, 0.25) is 0 Å². The molecule has 3 heterocycles. The monoisotopic (exact) mass is 527 g/mol. The first kappa shape index (κ1) is 28.3. The number of hydrogen-bond acceptors (Lipinski definition) is 5. The molecule has 39 heavy (non-hydrogen) atoms. The van der Waals surface area contributed by atoms with Crippen LogP contribution in [0, 0.1) is 13.8 Å². The quantitative estimate of drug-likeness (QED) is 0.437. The highest BCUT2D eigenvalue weighted by Gasteiger charge is 2.20. The molecule has 0 unspecified atom stereocenters. The number of piperazine rings is 1. The van der Waals surface area contributed by atoms with Crippen molar-refractivity contribution in [3.63, 3.8) is 0 Å². The zero-order chi connectivity index (χ0) is 28.3. The molecule has 0 aliphatic carbocycles. The van der Waals surface area contributed by atoms with Crippen LogP contribution in [-0.2, 0) is 6.54 Å². The van der Waals surface area contributed by atoms with Crippen molar-refractivity contribution in [3.05, 3.63) is 86.5 Å². The average Bonchev–Trinajstić information content (AvgIpc) is 2.91. The molecule has 7 nitrogen and oxygen atoms in total. The maximum atomic E-state index is 13.7. The average molecular weight is 528 g/mol. The first-order valence-corrected chi connectivity index (χ1v) is 13.8. The predicted octanol–water partition coefficient (Wildman–Crippen LogP) is 5.28. The molecule has 7 heteroatoms. The Bertz CT molecular complexity index is 1430. The maximum absolute atomic E-state index is 13.7. The Morgan fingerprint density at radius 1 is 1.10 bits per heavy atom. The van der Waals surface area contributed by atoms with Crippen LogP contribution in [0.4, 0.5) is 5.82 Å². The highest BCUT2D eigenvalue weighted by molar-refractivity contribution is 6.01. The third kappa shape index (κ3) is 6.31. The van der Waals surface area contributed by atoms with Gasteiger partial charge >= 0.3 is 0 Å². The van der Waals surface area contributed by atoms with E-state index in [0.717, 1.165) is 71.1 Å². The van der Waals surface area contributed by atoms with Crippen molar-refractivity contribution in [1.82, 2.24) is 20.2 Å². The molecule has 2 aromatic heterocycles. The van der Waals surface area contributed by atoms with Crippen LogP contribution in [0.15, 0.2) is 47.4 Å². The first-order chi connectivity index (χ1) is 18.6. The second-order valence-corrected chi connectivity index (χ2v) is 10.9. The summed E-state index contributed by atoms with van der Waals surface area (Å²) in [5.74, 6) is 0.950. The number of rotatable bonds is 7. The minimum Gasteiger partial charge on any atom is -0.354 e. The number of anilines is 1. The van der Waals surface area contributed by atoms with Gasteiger partial charge in [-0.2, -0.15) is 0 Å². The maximum Gasteiger partial charge on any atom is 0.253 e. The number of hydrogen-bond donors (Lipinski definition) is 2. The molecule has 1 aliphatic rings. The lowest BCUT2D eigenvalue weighted by Crippen LogP contribution is -2.44. The fourth-order valence-electron chi connectivity index (χ4n) is 5.28. The Labute approximate surface area is 232 Å². The molecule has 1 saturated heterocycles. The number of benzene rings is 1. The van der Waals surface area contributed by atoms with Gasteiger partial charge in [-0.05, 0) is 92.8 Å². The normalized spacial score (nSPS) is 14.7. The molecule has 4 rings (SSSR count). The first-order valence-electron chi connectivity index (χ1n) is 13.8. The third-order valence-corrected chi connectivity index (χ3v) is 7.67. The Kier molecular flexibility index (Phi) is 8.70. The smallest absolute Gasteiger partial charge is 0.253 e. The number of nitrogens with zero attached hydrogens (tertiary/aromatic N) is 3. The van der Waals surface area contributed by atoms with E-state index in [1.807, 2.05) is 52.1 Å². The lowest BCUT2D eigenvalue weighted by Gasteiger charge is -2.33. The van der Waals surface area contributed by atoms with E-state index in [1.165, 1.54) is 0 Å². The summed E-state index contributed by atoms with van der Waals surface area (Å²) in [4.78, 5) is 38.7. The summed E-state index contributed by atoms with van der Waals surface area (Å²) in [5.41, 5.74) is 7.70. The molecule has 3 aromatic rings. The van der Waals surface area contributed by atoms with Crippen LogP contribution < -0.4 is 15.8 Å². The van der Waals surface area contributed by atoms with Crippen molar-refractivity contribution in [2.75, 3.05) is 38.1 Å². The summed E-state index contributed by atoms with van der Waals surface area (Å²) in [5, 5.41) is 3.04. The van der Waals surface area contributed by atoms with Crippen LogP contribution in [0.3, 0.4) is 0 Å². The summed E-state index contributed by atoms with van der Waals surface area (Å²) in [6, 6.07) is 10.2. The molecule has 1 amide bonds. The Morgan fingerprint density at radius 2 is 1.82 bits per heavy atom. The highest BCUT2D eigenvalue weighted by atomic mass is 16.1. The van der Waals surface area contributed by atoms with Gasteiger partial charge in [0.05, 0.1) is 0 Å². The van der Waals surface area contributed by atoms with Crippen molar-refractivity contribution in [2.24, 2.45) is 0 Å². The lowest BCUT2D eigenvalue weighted by atomic mass is 9.91. The number of nitrogens with one attached hydrogen (secondary N) is 2. The number of likely N-dealkylation sites (N-methyl/N-ethyl adjacent to an activating group) is 1. The summed E-state index contributed by atoms with van der Waals surface area (Å²) < 4.78 is 0. The largest absolute Gasteiger partial charge is 0.354 e. The van der Waals surface area contributed by atoms with Gasteiger partial charge in [-0.25, -0.2) is 4.98 Å². The molecule has 0 bridgehead atoms. The summed E-state index contributed by atoms with van der Waals surface area (Å²) in [7, 11) is 2.14. The van der Waals surface area contributed by atoms with Crippen LogP contribution >= 0.6 is 0 Å². The molecule has 0 saturated carbocycles. The molecule has 0 radical (unpaired) electrons. The van der Waals surface area contributed by atoms with E-state index in [2.05, 4.69) is 59.2 Å². The van der Waals surface area contributed by atoms with Crippen molar-refractivity contribution in [3.8, 4) is 11.1 Å². The molecule has 2 N–H and O–H groups in total. The van der Waals surface area contributed by atoms with Gasteiger partial charge in [-0.3, -0.25) is 9.59 Å². The predicted molar refractivity (Wildman–Crippen MR) is 161 cm³/mol. The van der Waals surface area contributed by atoms with E-state index in [4.69, 9.17) is 4.98 Å². The Morgan fingerprint density at radius 3 is 2.44 bits per heavy atom. The minimum absolute atomic E-state index is 0.152. The van der Waals surface area contributed by atoms with E-state index in [-0.39, 0.29) is 23.9 Å². The van der Waals surface area contributed by atoms with Crippen molar-refractivity contribution in [1.29, 1.82) is 0 Å². The van der Waals surface area contributed by atoms with Gasteiger partial charge in [0, 0.05) is 61.3 Å². The number of H-pyrrole nitrogens is 1.